The molecule has 0 unspecified atom stereocenters. The first kappa shape index (κ1) is 15.0. The fourth-order valence-electron chi connectivity index (χ4n) is 1.91. The summed E-state index contributed by atoms with van der Waals surface area (Å²) in [6.07, 6.45) is -4.86. The molecular weight excluding hydrogens is 286 g/mol. The van der Waals surface area contributed by atoms with E-state index in [9.17, 15) is 22.4 Å². The maximum atomic E-state index is 13.2. The van der Waals surface area contributed by atoms with E-state index in [1.165, 1.54) is 12.1 Å². The molecule has 110 valence electrons. The summed E-state index contributed by atoms with van der Waals surface area (Å²) in [5.74, 6) is -2.10. The fraction of sp³-hybridized carbons (Fsp3) is 0.133. The third-order valence-electron chi connectivity index (χ3n) is 2.99. The van der Waals surface area contributed by atoms with Crippen molar-refractivity contribution in [1.82, 2.24) is 0 Å². The molecule has 2 aromatic carbocycles. The van der Waals surface area contributed by atoms with Gasteiger partial charge in [0.2, 0.25) is 0 Å². The van der Waals surface area contributed by atoms with Gasteiger partial charge in [0.25, 0.3) is 0 Å². The van der Waals surface area contributed by atoms with E-state index in [2.05, 4.69) is 0 Å². The number of nitrogens with two attached hydrogens (primary N) is 1. The highest BCUT2D eigenvalue weighted by atomic mass is 19.4. The number of hydrogen-bond acceptors (Lipinski definition) is 2. The van der Waals surface area contributed by atoms with Crippen LogP contribution in [-0.4, -0.2) is 5.78 Å². The van der Waals surface area contributed by atoms with Gasteiger partial charge in [0.15, 0.2) is 5.78 Å². The number of benzene rings is 2. The van der Waals surface area contributed by atoms with E-state index in [4.69, 9.17) is 5.73 Å². The second kappa shape index (κ2) is 5.20. The molecule has 0 amide bonds. The molecule has 0 saturated carbocycles. The van der Waals surface area contributed by atoms with Crippen LogP contribution in [0.5, 0.6) is 0 Å². The predicted molar refractivity (Wildman–Crippen MR) is 70.4 cm³/mol. The number of ketones is 1. The predicted octanol–water partition coefficient (Wildman–Crippen LogP) is 3.97. The highest BCUT2D eigenvalue weighted by Gasteiger charge is 2.34. The SMILES string of the molecule is Cc1ccc(N)c(C(=O)c2ccc(F)c(C(F)(F)F)c2)c1. The summed E-state index contributed by atoms with van der Waals surface area (Å²) < 4.78 is 51.2. The summed E-state index contributed by atoms with van der Waals surface area (Å²) in [6, 6.07) is 6.79. The third-order valence-corrected chi connectivity index (χ3v) is 2.99. The molecule has 2 nitrogen and oxygen atoms in total. The average Bonchev–Trinajstić information content (AvgIpc) is 2.40. The van der Waals surface area contributed by atoms with Gasteiger partial charge in [-0.25, -0.2) is 4.39 Å². The number of alkyl halides is 3. The van der Waals surface area contributed by atoms with Gasteiger partial charge in [-0.1, -0.05) is 11.6 Å². The van der Waals surface area contributed by atoms with E-state index >= 15 is 0 Å². The van der Waals surface area contributed by atoms with Gasteiger partial charge in [-0.15, -0.1) is 0 Å². The molecule has 0 aliphatic rings. The topological polar surface area (TPSA) is 43.1 Å². The van der Waals surface area contributed by atoms with Gasteiger partial charge < -0.3 is 5.73 Å². The second-order valence-electron chi connectivity index (χ2n) is 4.61. The number of hydrogen-bond donors (Lipinski definition) is 1. The minimum atomic E-state index is -4.86. The summed E-state index contributed by atoms with van der Waals surface area (Å²) in [6.45, 7) is 1.72. The molecule has 0 saturated heterocycles. The molecule has 0 aliphatic heterocycles. The van der Waals surface area contributed by atoms with Crippen molar-refractivity contribution >= 4 is 11.5 Å². The minimum Gasteiger partial charge on any atom is -0.398 e. The van der Waals surface area contributed by atoms with E-state index < -0.39 is 23.3 Å². The van der Waals surface area contributed by atoms with Crippen LogP contribution in [0.2, 0.25) is 0 Å². The number of nitrogen functional groups attached to an aromatic ring is 1. The zero-order chi connectivity index (χ0) is 15.8. The number of aryl methyl sites for hydroxylation is 1. The number of carbonyl (C=O) groups excluding carboxylic acids is 1. The highest BCUT2D eigenvalue weighted by molar-refractivity contribution is 6.12. The maximum absolute atomic E-state index is 13.2. The summed E-state index contributed by atoms with van der Waals surface area (Å²) in [4.78, 5) is 12.2. The normalized spacial score (nSPS) is 11.5. The Hall–Kier alpha value is -2.37. The molecule has 2 aromatic rings. The molecule has 0 radical (unpaired) electrons. The second-order valence-corrected chi connectivity index (χ2v) is 4.61. The Morgan fingerprint density at radius 2 is 1.76 bits per heavy atom. The Bertz CT molecular complexity index is 707. The molecule has 0 aliphatic carbocycles. The molecular formula is C15H11F4NO. The number of rotatable bonds is 2. The lowest BCUT2D eigenvalue weighted by molar-refractivity contribution is -0.140. The Labute approximate surface area is 118 Å². The fourth-order valence-corrected chi connectivity index (χ4v) is 1.91. The van der Waals surface area contributed by atoms with Gasteiger partial charge in [-0.2, -0.15) is 13.2 Å². The van der Waals surface area contributed by atoms with Crippen molar-refractivity contribution < 1.29 is 22.4 Å². The first-order valence-electron chi connectivity index (χ1n) is 5.97. The Morgan fingerprint density at radius 3 is 2.38 bits per heavy atom. The van der Waals surface area contributed by atoms with Crippen molar-refractivity contribution in [1.29, 1.82) is 0 Å². The zero-order valence-corrected chi connectivity index (χ0v) is 11.0. The maximum Gasteiger partial charge on any atom is 0.419 e. The van der Waals surface area contributed by atoms with Crippen molar-refractivity contribution in [3.63, 3.8) is 0 Å². The Kier molecular flexibility index (Phi) is 3.72. The average molecular weight is 297 g/mol. The van der Waals surface area contributed by atoms with Crippen LogP contribution in [0.4, 0.5) is 23.2 Å². The minimum absolute atomic E-state index is 0.0923. The lowest BCUT2D eigenvalue weighted by atomic mass is 9.98. The van der Waals surface area contributed by atoms with Crippen LogP contribution in [0.15, 0.2) is 36.4 Å². The van der Waals surface area contributed by atoms with E-state index in [0.717, 1.165) is 11.6 Å². The Morgan fingerprint density at radius 1 is 1.10 bits per heavy atom. The lowest BCUT2D eigenvalue weighted by Gasteiger charge is -2.11. The molecule has 2 N–H and O–H groups in total. The van der Waals surface area contributed by atoms with E-state index in [-0.39, 0.29) is 16.8 Å². The first-order valence-corrected chi connectivity index (χ1v) is 5.97. The molecule has 0 fully saturated rings. The van der Waals surface area contributed by atoms with Crippen LogP contribution in [0.1, 0.15) is 27.0 Å². The van der Waals surface area contributed by atoms with Crippen molar-refractivity contribution in [2.45, 2.75) is 13.1 Å². The molecule has 0 bridgehead atoms. The van der Waals surface area contributed by atoms with Crippen LogP contribution in [0, 0.1) is 12.7 Å². The Balaban J connectivity index is 2.52. The highest BCUT2D eigenvalue weighted by Crippen LogP contribution is 2.32. The summed E-state index contributed by atoms with van der Waals surface area (Å²) in [5, 5.41) is 0. The number of halogens is 4. The molecule has 0 heterocycles. The molecule has 0 aromatic heterocycles. The summed E-state index contributed by atoms with van der Waals surface area (Å²) in [5.41, 5.74) is 4.92. The van der Waals surface area contributed by atoms with Crippen LogP contribution >= 0.6 is 0 Å². The monoisotopic (exact) mass is 297 g/mol. The van der Waals surface area contributed by atoms with Crippen LogP contribution in [0.3, 0.4) is 0 Å². The molecule has 0 atom stereocenters. The van der Waals surface area contributed by atoms with Gasteiger partial charge >= 0.3 is 6.18 Å². The van der Waals surface area contributed by atoms with Gasteiger partial charge in [0, 0.05) is 16.8 Å². The first-order chi connectivity index (χ1) is 9.70. The van der Waals surface area contributed by atoms with Crippen molar-refractivity contribution in [2.75, 3.05) is 5.73 Å². The summed E-state index contributed by atoms with van der Waals surface area (Å²) >= 11 is 0. The molecule has 6 heteroatoms. The number of anilines is 1. The van der Waals surface area contributed by atoms with Crippen molar-refractivity contribution in [3.05, 3.63) is 64.5 Å². The quantitative estimate of drug-likeness (QED) is 0.518. The van der Waals surface area contributed by atoms with Gasteiger partial charge in [-0.05, 0) is 37.3 Å². The standard InChI is InChI=1S/C15H11F4NO/c1-8-2-5-13(20)10(6-8)14(21)9-3-4-12(16)11(7-9)15(17,18)19/h2-7H,20H2,1H3. The van der Waals surface area contributed by atoms with Crippen LogP contribution in [0.25, 0.3) is 0 Å². The van der Waals surface area contributed by atoms with Crippen molar-refractivity contribution in [2.24, 2.45) is 0 Å². The molecule has 0 spiro atoms. The van der Waals surface area contributed by atoms with Gasteiger partial charge in [-0.3, -0.25) is 4.79 Å². The van der Waals surface area contributed by atoms with E-state index in [0.29, 0.717) is 12.1 Å². The molecule has 21 heavy (non-hydrogen) atoms. The largest absolute Gasteiger partial charge is 0.419 e. The smallest absolute Gasteiger partial charge is 0.398 e. The van der Waals surface area contributed by atoms with Gasteiger partial charge in [0.1, 0.15) is 5.82 Å². The van der Waals surface area contributed by atoms with E-state index in [1.807, 2.05) is 0 Å². The van der Waals surface area contributed by atoms with Crippen molar-refractivity contribution in [3.8, 4) is 0 Å². The van der Waals surface area contributed by atoms with E-state index in [1.54, 1.807) is 13.0 Å². The van der Waals surface area contributed by atoms with Gasteiger partial charge in [0.05, 0.1) is 5.56 Å². The van der Waals surface area contributed by atoms with Crippen LogP contribution < -0.4 is 5.73 Å². The lowest BCUT2D eigenvalue weighted by Crippen LogP contribution is -2.12. The summed E-state index contributed by atoms with van der Waals surface area (Å²) in [7, 11) is 0. The number of carbonyl (C=O) groups is 1. The van der Waals surface area contributed by atoms with Crippen LogP contribution in [-0.2, 0) is 6.18 Å². The molecule has 2 rings (SSSR count). The zero-order valence-electron chi connectivity index (χ0n) is 11.0. The third kappa shape index (κ3) is 3.04.